The predicted molar refractivity (Wildman–Crippen MR) is 88.0 cm³/mol. The molecule has 0 spiro atoms. The molecule has 0 aliphatic heterocycles. The number of amides is 1. The summed E-state index contributed by atoms with van der Waals surface area (Å²) in [4.78, 5) is 12.6. The zero-order valence-electron chi connectivity index (χ0n) is 12.1. The molecule has 21 heavy (non-hydrogen) atoms. The SMILES string of the molecule is O=C(NC1(CCl)CCCCC1)c1ccc2ccccc2c1. The molecule has 1 saturated carbocycles. The van der Waals surface area contributed by atoms with E-state index in [0.717, 1.165) is 36.5 Å². The van der Waals surface area contributed by atoms with Crippen molar-refractivity contribution >= 4 is 28.3 Å². The molecule has 0 radical (unpaired) electrons. The Labute approximate surface area is 130 Å². The minimum absolute atomic E-state index is 0.0108. The van der Waals surface area contributed by atoms with E-state index in [9.17, 15) is 4.79 Å². The molecule has 0 saturated heterocycles. The van der Waals surface area contributed by atoms with Crippen LogP contribution in [0.2, 0.25) is 0 Å². The second kappa shape index (κ2) is 6.07. The molecule has 2 aromatic carbocycles. The van der Waals surface area contributed by atoms with Crippen LogP contribution in [0.3, 0.4) is 0 Å². The van der Waals surface area contributed by atoms with Crippen LogP contribution < -0.4 is 5.32 Å². The highest BCUT2D eigenvalue weighted by Gasteiger charge is 2.32. The summed E-state index contributed by atoms with van der Waals surface area (Å²) in [5.41, 5.74) is 0.492. The molecule has 1 N–H and O–H groups in total. The Balaban J connectivity index is 1.82. The molecule has 0 aromatic heterocycles. The van der Waals surface area contributed by atoms with E-state index in [0.29, 0.717) is 11.4 Å². The van der Waals surface area contributed by atoms with Crippen molar-refractivity contribution in [2.75, 3.05) is 5.88 Å². The van der Waals surface area contributed by atoms with Gasteiger partial charge in [-0.2, -0.15) is 0 Å². The molecule has 1 aliphatic carbocycles. The first-order valence-corrected chi connectivity index (χ1v) is 8.13. The molecule has 0 unspecified atom stereocenters. The molecule has 0 bridgehead atoms. The number of hydrogen-bond acceptors (Lipinski definition) is 1. The molecule has 2 aromatic rings. The van der Waals surface area contributed by atoms with Gasteiger partial charge in [0.05, 0.1) is 5.54 Å². The van der Waals surface area contributed by atoms with Crippen LogP contribution in [0.1, 0.15) is 42.5 Å². The van der Waals surface area contributed by atoms with Crippen molar-refractivity contribution in [2.24, 2.45) is 0 Å². The molecule has 0 heterocycles. The summed E-state index contributed by atoms with van der Waals surface area (Å²) in [5, 5.41) is 5.44. The van der Waals surface area contributed by atoms with Gasteiger partial charge in [0.25, 0.3) is 5.91 Å². The topological polar surface area (TPSA) is 29.1 Å². The van der Waals surface area contributed by atoms with Crippen LogP contribution in [-0.4, -0.2) is 17.3 Å². The summed E-state index contributed by atoms with van der Waals surface area (Å²) in [7, 11) is 0. The monoisotopic (exact) mass is 301 g/mol. The normalized spacial score (nSPS) is 17.6. The molecule has 3 rings (SSSR count). The highest BCUT2D eigenvalue weighted by molar-refractivity contribution is 6.19. The number of alkyl halides is 1. The van der Waals surface area contributed by atoms with Crippen molar-refractivity contribution in [3.05, 3.63) is 48.0 Å². The van der Waals surface area contributed by atoms with Gasteiger partial charge in [0.1, 0.15) is 0 Å². The van der Waals surface area contributed by atoms with Crippen molar-refractivity contribution in [1.82, 2.24) is 5.32 Å². The Morgan fingerprint density at radius 3 is 2.48 bits per heavy atom. The Kier molecular flexibility index (Phi) is 4.16. The van der Waals surface area contributed by atoms with E-state index >= 15 is 0 Å². The van der Waals surface area contributed by atoms with Crippen molar-refractivity contribution in [3.63, 3.8) is 0 Å². The van der Waals surface area contributed by atoms with Crippen LogP contribution in [0.5, 0.6) is 0 Å². The van der Waals surface area contributed by atoms with E-state index in [4.69, 9.17) is 11.6 Å². The van der Waals surface area contributed by atoms with Crippen LogP contribution in [0.25, 0.3) is 10.8 Å². The number of rotatable bonds is 3. The molecule has 3 heteroatoms. The minimum Gasteiger partial charge on any atom is -0.345 e. The Morgan fingerprint density at radius 1 is 1.05 bits per heavy atom. The Hall–Kier alpha value is -1.54. The second-order valence-electron chi connectivity index (χ2n) is 5.99. The van der Waals surface area contributed by atoms with Gasteiger partial charge >= 0.3 is 0 Å². The number of carbonyl (C=O) groups is 1. The zero-order chi connectivity index (χ0) is 14.7. The fourth-order valence-electron chi connectivity index (χ4n) is 3.16. The lowest BCUT2D eigenvalue weighted by molar-refractivity contribution is 0.0885. The Morgan fingerprint density at radius 2 is 1.76 bits per heavy atom. The number of fused-ring (bicyclic) bond motifs is 1. The summed E-state index contributed by atoms with van der Waals surface area (Å²) in [6.07, 6.45) is 5.49. The van der Waals surface area contributed by atoms with Gasteiger partial charge in [-0.05, 0) is 35.7 Å². The highest BCUT2D eigenvalue weighted by Crippen LogP contribution is 2.29. The zero-order valence-corrected chi connectivity index (χ0v) is 12.8. The van der Waals surface area contributed by atoms with Gasteiger partial charge in [-0.15, -0.1) is 11.6 Å². The second-order valence-corrected chi connectivity index (χ2v) is 6.26. The predicted octanol–water partition coefficient (Wildman–Crippen LogP) is 4.51. The van der Waals surface area contributed by atoms with Gasteiger partial charge in [0.2, 0.25) is 0 Å². The molecule has 1 aliphatic rings. The van der Waals surface area contributed by atoms with Crippen LogP contribution in [-0.2, 0) is 0 Å². The molecule has 0 atom stereocenters. The number of hydrogen-bond donors (Lipinski definition) is 1. The fourth-order valence-corrected chi connectivity index (χ4v) is 3.50. The number of benzene rings is 2. The average Bonchev–Trinajstić information content (AvgIpc) is 2.55. The van der Waals surface area contributed by atoms with Gasteiger partial charge < -0.3 is 5.32 Å². The van der Waals surface area contributed by atoms with E-state index in [1.54, 1.807) is 0 Å². The highest BCUT2D eigenvalue weighted by atomic mass is 35.5. The lowest BCUT2D eigenvalue weighted by Gasteiger charge is -2.36. The van der Waals surface area contributed by atoms with Gasteiger partial charge in [-0.3, -0.25) is 4.79 Å². The Bertz CT molecular complexity index is 646. The van der Waals surface area contributed by atoms with E-state index in [2.05, 4.69) is 11.4 Å². The first-order valence-electron chi connectivity index (χ1n) is 7.60. The summed E-state index contributed by atoms with van der Waals surface area (Å²) in [6, 6.07) is 13.9. The van der Waals surface area contributed by atoms with Crippen molar-refractivity contribution < 1.29 is 4.79 Å². The lowest BCUT2D eigenvalue weighted by Crippen LogP contribution is -2.51. The van der Waals surface area contributed by atoms with E-state index in [1.165, 1.54) is 6.42 Å². The maximum absolute atomic E-state index is 12.6. The molecule has 1 amide bonds. The van der Waals surface area contributed by atoms with Crippen molar-refractivity contribution in [3.8, 4) is 0 Å². The standard InChI is InChI=1S/C18H20ClNO/c19-13-18(10-4-1-5-11-18)20-17(21)16-9-8-14-6-2-3-7-15(14)12-16/h2-3,6-9,12H,1,4-5,10-11,13H2,(H,20,21). The molecular formula is C18H20ClNO. The third-order valence-corrected chi connectivity index (χ3v) is 4.97. The van der Waals surface area contributed by atoms with Crippen LogP contribution in [0.4, 0.5) is 0 Å². The van der Waals surface area contributed by atoms with Crippen molar-refractivity contribution in [1.29, 1.82) is 0 Å². The maximum Gasteiger partial charge on any atom is 0.251 e. The largest absolute Gasteiger partial charge is 0.345 e. The first-order chi connectivity index (χ1) is 10.2. The molecule has 1 fully saturated rings. The fraction of sp³-hybridized carbons (Fsp3) is 0.389. The summed E-state index contributed by atoms with van der Waals surface area (Å²) >= 11 is 6.15. The third kappa shape index (κ3) is 3.06. The third-order valence-electron chi connectivity index (χ3n) is 4.46. The van der Waals surface area contributed by atoms with Crippen LogP contribution in [0, 0.1) is 0 Å². The van der Waals surface area contributed by atoms with Crippen LogP contribution >= 0.6 is 11.6 Å². The van der Waals surface area contributed by atoms with E-state index in [1.807, 2.05) is 36.4 Å². The van der Waals surface area contributed by atoms with Gasteiger partial charge in [-0.25, -0.2) is 0 Å². The lowest BCUT2D eigenvalue weighted by atomic mass is 9.83. The molecule has 2 nitrogen and oxygen atoms in total. The van der Waals surface area contributed by atoms with Gasteiger partial charge in [-0.1, -0.05) is 49.6 Å². The minimum atomic E-state index is -0.220. The summed E-state index contributed by atoms with van der Waals surface area (Å²) < 4.78 is 0. The number of halogens is 1. The quantitative estimate of drug-likeness (QED) is 0.830. The van der Waals surface area contributed by atoms with E-state index < -0.39 is 0 Å². The number of nitrogens with one attached hydrogen (secondary N) is 1. The summed E-state index contributed by atoms with van der Waals surface area (Å²) in [5.74, 6) is 0.482. The van der Waals surface area contributed by atoms with Gasteiger partial charge in [0, 0.05) is 11.4 Å². The van der Waals surface area contributed by atoms with Gasteiger partial charge in [0.15, 0.2) is 0 Å². The molecular weight excluding hydrogens is 282 g/mol. The smallest absolute Gasteiger partial charge is 0.251 e. The maximum atomic E-state index is 12.6. The molecule has 110 valence electrons. The van der Waals surface area contributed by atoms with Crippen LogP contribution in [0.15, 0.2) is 42.5 Å². The number of carbonyl (C=O) groups excluding carboxylic acids is 1. The summed E-state index contributed by atoms with van der Waals surface area (Å²) in [6.45, 7) is 0. The van der Waals surface area contributed by atoms with E-state index in [-0.39, 0.29) is 11.4 Å². The average molecular weight is 302 g/mol. The first kappa shape index (κ1) is 14.4. The van der Waals surface area contributed by atoms with Crippen molar-refractivity contribution in [2.45, 2.75) is 37.6 Å².